The molecule has 0 aliphatic carbocycles. The quantitative estimate of drug-likeness (QED) is 0.748. The summed E-state index contributed by atoms with van der Waals surface area (Å²) in [6.07, 6.45) is 0.829. The van der Waals surface area contributed by atoms with Crippen LogP contribution in [-0.2, 0) is 4.74 Å². The van der Waals surface area contributed by atoms with Gasteiger partial charge in [0.25, 0.3) is 0 Å². The molecule has 1 amide bonds. The van der Waals surface area contributed by atoms with E-state index in [0.29, 0.717) is 12.8 Å². The van der Waals surface area contributed by atoms with Gasteiger partial charge in [0, 0.05) is 12.6 Å². The van der Waals surface area contributed by atoms with Crippen LogP contribution in [0.5, 0.6) is 0 Å². The van der Waals surface area contributed by atoms with Gasteiger partial charge in [0.15, 0.2) is 0 Å². The molecule has 0 fully saturated rings. The Morgan fingerprint density at radius 3 is 2.62 bits per heavy atom. The summed E-state index contributed by atoms with van der Waals surface area (Å²) in [5, 5.41) is 19.9. The van der Waals surface area contributed by atoms with Gasteiger partial charge in [0.2, 0.25) is 0 Å². The molecule has 0 bridgehead atoms. The number of nitrogens with zero attached hydrogens (tertiary/aromatic N) is 1. The second-order valence-corrected chi connectivity index (χ2v) is 4.57. The van der Waals surface area contributed by atoms with Crippen LogP contribution in [0.3, 0.4) is 0 Å². The zero-order valence-corrected chi connectivity index (χ0v) is 10.1. The summed E-state index contributed by atoms with van der Waals surface area (Å²) in [4.78, 5) is 11.4. The van der Waals surface area contributed by atoms with E-state index in [0.717, 1.165) is 0 Å². The lowest BCUT2D eigenvalue weighted by atomic mass is 10.1. The first-order valence-corrected chi connectivity index (χ1v) is 5.36. The summed E-state index contributed by atoms with van der Waals surface area (Å²) in [6, 6.07) is 1.74. The number of nitrogens with one attached hydrogen (secondary N) is 1. The molecule has 0 radical (unpaired) electrons. The second-order valence-electron chi connectivity index (χ2n) is 4.57. The van der Waals surface area contributed by atoms with Crippen molar-refractivity contribution >= 4 is 6.09 Å². The summed E-state index contributed by atoms with van der Waals surface area (Å²) >= 11 is 0. The Hall–Kier alpha value is -1.28. The number of rotatable bonds is 5. The van der Waals surface area contributed by atoms with E-state index in [1.807, 2.05) is 6.07 Å². The summed E-state index contributed by atoms with van der Waals surface area (Å²) in [5.41, 5.74) is -0.543. The first-order chi connectivity index (χ1) is 7.39. The first kappa shape index (κ1) is 14.7. The molecule has 92 valence electrons. The van der Waals surface area contributed by atoms with Gasteiger partial charge in [0.1, 0.15) is 5.60 Å². The normalized spacial score (nSPS) is 12.7. The van der Waals surface area contributed by atoms with Crippen molar-refractivity contribution in [3.63, 3.8) is 0 Å². The van der Waals surface area contributed by atoms with Crippen LogP contribution in [0.15, 0.2) is 0 Å². The number of nitriles is 1. The fraction of sp³-hybridized carbons (Fsp3) is 0.818. The van der Waals surface area contributed by atoms with Crippen LogP contribution in [-0.4, -0.2) is 29.4 Å². The van der Waals surface area contributed by atoms with Crippen molar-refractivity contribution in [1.82, 2.24) is 5.32 Å². The predicted octanol–water partition coefficient (Wildman–Crippen LogP) is 1.57. The van der Waals surface area contributed by atoms with Crippen molar-refractivity contribution in [2.24, 2.45) is 0 Å². The maximum atomic E-state index is 11.4. The number of ether oxygens (including phenoxy) is 1. The molecule has 16 heavy (non-hydrogen) atoms. The average molecular weight is 228 g/mol. The molecule has 5 nitrogen and oxygen atoms in total. The van der Waals surface area contributed by atoms with Gasteiger partial charge in [-0.15, -0.1) is 0 Å². The molecular formula is C11H20N2O3. The van der Waals surface area contributed by atoms with Crippen molar-refractivity contribution in [3.8, 4) is 6.07 Å². The van der Waals surface area contributed by atoms with Crippen LogP contribution in [0.4, 0.5) is 4.79 Å². The number of aliphatic hydroxyl groups excluding tert-OH is 1. The molecule has 0 heterocycles. The van der Waals surface area contributed by atoms with Crippen molar-refractivity contribution < 1.29 is 14.6 Å². The zero-order chi connectivity index (χ0) is 12.6. The number of carbonyl (C=O) groups excluding carboxylic acids is 1. The van der Waals surface area contributed by atoms with E-state index < -0.39 is 11.7 Å². The molecule has 0 aromatic heterocycles. The van der Waals surface area contributed by atoms with Gasteiger partial charge in [-0.25, -0.2) is 4.79 Å². The molecule has 0 aromatic carbocycles. The van der Waals surface area contributed by atoms with Gasteiger partial charge in [-0.2, -0.15) is 5.26 Å². The molecule has 0 spiro atoms. The molecule has 0 rings (SSSR count). The molecular weight excluding hydrogens is 208 g/mol. The lowest BCUT2D eigenvalue weighted by molar-refractivity contribution is 0.0500. The molecule has 2 N–H and O–H groups in total. The fourth-order valence-corrected chi connectivity index (χ4v) is 1.15. The smallest absolute Gasteiger partial charge is 0.407 e. The highest BCUT2D eigenvalue weighted by molar-refractivity contribution is 5.68. The van der Waals surface area contributed by atoms with E-state index in [-0.39, 0.29) is 19.1 Å². The van der Waals surface area contributed by atoms with Crippen LogP contribution in [0.25, 0.3) is 0 Å². The third-order valence-corrected chi connectivity index (χ3v) is 1.77. The number of hydrogen-bond acceptors (Lipinski definition) is 4. The standard InChI is InChI=1S/C11H20N2O3/c1-11(2,3)16-10(15)13-9(6-7-12)5-4-8-14/h9,14H,4-6,8H2,1-3H3,(H,13,15). The third-order valence-electron chi connectivity index (χ3n) is 1.77. The van der Waals surface area contributed by atoms with E-state index in [2.05, 4.69) is 5.32 Å². The van der Waals surface area contributed by atoms with Gasteiger partial charge in [0.05, 0.1) is 12.5 Å². The third kappa shape index (κ3) is 8.06. The van der Waals surface area contributed by atoms with Gasteiger partial charge in [-0.3, -0.25) is 0 Å². The molecule has 5 heteroatoms. The van der Waals surface area contributed by atoms with Crippen LogP contribution in [0.1, 0.15) is 40.0 Å². The van der Waals surface area contributed by atoms with Gasteiger partial charge >= 0.3 is 6.09 Å². The Morgan fingerprint density at radius 2 is 2.19 bits per heavy atom. The van der Waals surface area contributed by atoms with Crippen LogP contribution < -0.4 is 5.32 Å². The molecule has 0 aromatic rings. The number of amides is 1. The summed E-state index contributed by atoms with van der Waals surface area (Å²) in [5.74, 6) is 0. The number of alkyl carbamates (subject to hydrolysis) is 1. The molecule has 1 atom stereocenters. The topological polar surface area (TPSA) is 82.3 Å². The molecule has 0 saturated heterocycles. The Kier molecular flexibility index (Phi) is 6.50. The summed E-state index contributed by atoms with van der Waals surface area (Å²) < 4.78 is 5.07. The van der Waals surface area contributed by atoms with Crippen LogP contribution >= 0.6 is 0 Å². The molecule has 0 aliphatic rings. The first-order valence-electron chi connectivity index (χ1n) is 5.36. The van der Waals surface area contributed by atoms with Crippen molar-refractivity contribution in [3.05, 3.63) is 0 Å². The highest BCUT2D eigenvalue weighted by atomic mass is 16.6. The predicted molar refractivity (Wildman–Crippen MR) is 59.7 cm³/mol. The van der Waals surface area contributed by atoms with Crippen molar-refractivity contribution in [2.75, 3.05) is 6.61 Å². The highest BCUT2D eigenvalue weighted by Crippen LogP contribution is 2.08. The van der Waals surface area contributed by atoms with Gasteiger partial charge < -0.3 is 15.2 Å². The van der Waals surface area contributed by atoms with Crippen molar-refractivity contribution in [1.29, 1.82) is 5.26 Å². The Morgan fingerprint density at radius 1 is 1.56 bits per heavy atom. The van der Waals surface area contributed by atoms with Gasteiger partial charge in [-0.05, 0) is 33.6 Å². The van der Waals surface area contributed by atoms with Crippen LogP contribution in [0, 0.1) is 11.3 Å². The minimum absolute atomic E-state index is 0.0535. The lowest BCUT2D eigenvalue weighted by Gasteiger charge is -2.22. The zero-order valence-electron chi connectivity index (χ0n) is 10.1. The van der Waals surface area contributed by atoms with E-state index in [1.54, 1.807) is 20.8 Å². The lowest BCUT2D eigenvalue weighted by Crippen LogP contribution is -2.39. The van der Waals surface area contributed by atoms with Gasteiger partial charge in [-0.1, -0.05) is 0 Å². The van der Waals surface area contributed by atoms with Crippen LogP contribution in [0.2, 0.25) is 0 Å². The number of aliphatic hydroxyl groups is 1. The summed E-state index contributed by atoms with van der Waals surface area (Å²) in [6.45, 7) is 5.39. The number of hydrogen-bond donors (Lipinski definition) is 2. The second kappa shape index (κ2) is 7.07. The Labute approximate surface area is 96.4 Å². The average Bonchev–Trinajstić information content (AvgIpc) is 2.11. The minimum atomic E-state index is -0.543. The van der Waals surface area contributed by atoms with E-state index in [4.69, 9.17) is 15.1 Å². The monoisotopic (exact) mass is 228 g/mol. The Balaban J connectivity index is 4.08. The SMILES string of the molecule is CC(C)(C)OC(=O)NC(CC#N)CCCO. The van der Waals surface area contributed by atoms with E-state index >= 15 is 0 Å². The van der Waals surface area contributed by atoms with E-state index in [9.17, 15) is 4.79 Å². The Bertz CT molecular complexity index is 253. The molecule has 1 unspecified atom stereocenters. The van der Waals surface area contributed by atoms with E-state index in [1.165, 1.54) is 0 Å². The largest absolute Gasteiger partial charge is 0.444 e. The highest BCUT2D eigenvalue weighted by Gasteiger charge is 2.19. The molecule has 0 aliphatic heterocycles. The minimum Gasteiger partial charge on any atom is -0.444 e. The fourth-order valence-electron chi connectivity index (χ4n) is 1.15. The maximum Gasteiger partial charge on any atom is 0.407 e. The molecule has 0 saturated carbocycles. The number of carbonyl (C=O) groups is 1. The summed E-state index contributed by atoms with van der Waals surface area (Å²) in [7, 11) is 0. The van der Waals surface area contributed by atoms with Crippen molar-refractivity contribution in [2.45, 2.75) is 51.7 Å². The maximum absolute atomic E-state index is 11.4.